The Bertz CT molecular complexity index is 808. The van der Waals surface area contributed by atoms with Crippen molar-refractivity contribution in [3.8, 4) is 5.75 Å². The van der Waals surface area contributed by atoms with Gasteiger partial charge in [0.2, 0.25) is 0 Å². The average molecular weight is 373 g/mol. The molecule has 1 aromatic heterocycles. The maximum absolute atomic E-state index is 6.15. The summed E-state index contributed by atoms with van der Waals surface area (Å²) >= 11 is 12.0. The van der Waals surface area contributed by atoms with E-state index >= 15 is 0 Å². The molecule has 3 aromatic rings. The highest BCUT2D eigenvalue weighted by atomic mass is 35.5. The second-order valence-corrected chi connectivity index (χ2v) is 6.44. The topological polar surface area (TPSA) is 34.1 Å². The Morgan fingerprint density at radius 1 is 0.920 bits per heavy atom. The van der Waals surface area contributed by atoms with Crippen LogP contribution in [0.3, 0.4) is 0 Å². The number of nitrogens with one attached hydrogen (secondary N) is 1. The van der Waals surface area contributed by atoms with Gasteiger partial charge in [0.25, 0.3) is 0 Å². The van der Waals surface area contributed by atoms with Crippen LogP contribution >= 0.6 is 23.2 Å². The minimum atomic E-state index is 0.410. The van der Waals surface area contributed by atoms with Crippen LogP contribution in [0, 0.1) is 0 Å². The van der Waals surface area contributed by atoms with Crippen molar-refractivity contribution < 1.29 is 4.74 Å². The molecular weight excluding hydrogens is 355 g/mol. The highest BCUT2D eigenvalue weighted by Gasteiger charge is 2.03. The van der Waals surface area contributed by atoms with Gasteiger partial charge in [-0.3, -0.25) is 4.98 Å². The van der Waals surface area contributed by atoms with Crippen molar-refractivity contribution in [3.05, 3.63) is 93.7 Å². The van der Waals surface area contributed by atoms with Gasteiger partial charge in [0.15, 0.2) is 0 Å². The molecule has 0 spiro atoms. The minimum Gasteiger partial charge on any atom is -0.489 e. The maximum Gasteiger partial charge on any atom is 0.119 e. The van der Waals surface area contributed by atoms with Crippen molar-refractivity contribution in [2.45, 2.75) is 19.7 Å². The number of hydrogen-bond donors (Lipinski definition) is 1. The first-order valence-electron chi connectivity index (χ1n) is 7.97. The quantitative estimate of drug-likeness (QED) is 0.614. The standard InChI is InChI=1S/C20H18Cl2N2O/c21-17-7-6-16(20(22)11-17)14-25-19-8-4-15(5-9-19)12-23-13-18-3-1-2-10-24-18/h1-11,23H,12-14H2. The van der Waals surface area contributed by atoms with Crippen LogP contribution in [0.4, 0.5) is 0 Å². The molecule has 3 nitrogen and oxygen atoms in total. The van der Waals surface area contributed by atoms with Crippen LogP contribution in [0.5, 0.6) is 5.75 Å². The molecule has 0 saturated heterocycles. The Balaban J connectivity index is 1.48. The fourth-order valence-electron chi connectivity index (χ4n) is 2.34. The Morgan fingerprint density at radius 2 is 1.76 bits per heavy atom. The van der Waals surface area contributed by atoms with Crippen LogP contribution in [0.1, 0.15) is 16.8 Å². The van der Waals surface area contributed by atoms with Crippen molar-refractivity contribution >= 4 is 23.2 Å². The molecule has 0 aliphatic heterocycles. The number of nitrogens with zero attached hydrogens (tertiary/aromatic N) is 1. The number of benzene rings is 2. The second kappa shape index (κ2) is 8.86. The smallest absolute Gasteiger partial charge is 0.119 e. The van der Waals surface area contributed by atoms with E-state index in [2.05, 4.69) is 10.3 Å². The van der Waals surface area contributed by atoms with E-state index in [4.69, 9.17) is 27.9 Å². The average Bonchev–Trinajstić information content (AvgIpc) is 2.63. The van der Waals surface area contributed by atoms with Crippen molar-refractivity contribution in [1.82, 2.24) is 10.3 Å². The molecule has 0 fully saturated rings. The lowest BCUT2D eigenvalue weighted by Gasteiger charge is -2.09. The van der Waals surface area contributed by atoms with Gasteiger partial charge in [-0.1, -0.05) is 47.5 Å². The van der Waals surface area contributed by atoms with Gasteiger partial charge in [0.05, 0.1) is 5.69 Å². The molecule has 0 aliphatic rings. The predicted molar refractivity (Wildman–Crippen MR) is 102 cm³/mol. The van der Waals surface area contributed by atoms with Crippen LogP contribution < -0.4 is 10.1 Å². The monoisotopic (exact) mass is 372 g/mol. The molecule has 1 N–H and O–H groups in total. The molecular formula is C20H18Cl2N2O. The summed E-state index contributed by atoms with van der Waals surface area (Å²) in [4.78, 5) is 4.29. The fraction of sp³-hybridized carbons (Fsp3) is 0.150. The SMILES string of the molecule is Clc1ccc(COc2ccc(CNCc3ccccn3)cc2)c(Cl)c1. The lowest BCUT2D eigenvalue weighted by Crippen LogP contribution is -2.13. The Hall–Kier alpha value is -2.07. The Labute approximate surface area is 157 Å². The van der Waals surface area contributed by atoms with Gasteiger partial charge in [-0.2, -0.15) is 0 Å². The van der Waals surface area contributed by atoms with Crippen molar-refractivity contribution in [3.63, 3.8) is 0 Å². The minimum absolute atomic E-state index is 0.410. The number of hydrogen-bond acceptors (Lipinski definition) is 3. The van der Waals surface area contributed by atoms with E-state index in [1.807, 2.05) is 54.6 Å². The molecule has 0 bridgehead atoms. The number of halogens is 2. The lowest BCUT2D eigenvalue weighted by atomic mass is 10.2. The second-order valence-electron chi connectivity index (χ2n) is 5.59. The molecule has 0 unspecified atom stereocenters. The summed E-state index contributed by atoms with van der Waals surface area (Å²) in [5, 5.41) is 4.61. The largest absolute Gasteiger partial charge is 0.489 e. The number of aromatic nitrogens is 1. The summed E-state index contributed by atoms with van der Waals surface area (Å²) in [5.74, 6) is 0.805. The van der Waals surface area contributed by atoms with E-state index in [1.165, 1.54) is 5.56 Å². The highest BCUT2D eigenvalue weighted by molar-refractivity contribution is 6.35. The molecule has 0 amide bonds. The molecule has 128 valence electrons. The van der Waals surface area contributed by atoms with Crippen LogP contribution in [-0.4, -0.2) is 4.98 Å². The third kappa shape index (κ3) is 5.46. The zero-order valence-corrected chi connectivity index (χ0v) is 15.1. The normalized spacial score (nSPS) is 10.6. The van der Waals surface area contributed by atoms with E-state index in [0.29, 0.717) is 16.7 Å². The summed E-state index contributed by atoms with van der Waals surface area (Å²) < 4.78 is 5.78. The third-order valence-electron chi connectivity index (χ3n) is 3.69. The lowest BCUT2D eigenvalue weighted by molar-refractivity contribution is 0.306. The van der Waals surface area contributed by atoms with Crippen LogP contribution in [-0.2, 0) is 19.7 Å². The van der Waals surface area contributed by atoms with Gasteiger partial charge in [-0.25, -0.2) is 0 Å². The molecule has 25 heavy (non-hydrogen) atoms. The first-order valence-corrected chi connectivity index (χ1v) is 8.72. The van der Waals surface area contributed by atoms with Gasteiger partial charge in [-0.15, -0.1) is 0 Å². The van der Waals surface area contributed by atoms with Crippen molar-refractivity contribution in [1.29, 1.82) is 0 Å². The first kappa shape index (κ1) is 17.7. The summed E-state index contributed by atoms with van der Waals surface area (Å²) in [6.07, 6.45) is 1.80. The van der Waals surface area contributed by atoms with Gasteiger partial charge in [0.1, 0.15) is 12.4 Å². The summed E-state index contributed by atoms with van der Waals surface area (Å²) in [6.45, 7) is 1.93. The molecule has 0 saturated carbocycles. The molecule has 0 aliphatic carbocycles. The molecule has 0 radical (unpaired) electrons. The van der Waals surface area contributed by atoms with E-state index in [9.17, 15) is 0 Å². The summed E-state index contributed by atoms with van der Waals surface area (Å²) in [5.41, 5.74) is 3.13. The van der Waals surface area contributed by atoms with Crippen LogP contribution in [0.25, 0.3) is 0 Å². The zero-order valence-electron chi connectivity index (χ0n) is 13.6. The molecule has 5 heteroatoms. The van der Waals surface area contributed by atoms with Gasteiger partial charge in [0, 0.05) is 34.9 Å². The maximum atomic E-state index is 6.15. The Kier molecular flexibility index (Phi) is 6.29. The third-order valence-corrected chi connectivity index (χ3v) is 4.28. The zero-order chi connectivity index (χ0) is 17.5. The van der Waals surface area contributed by atoms with E-state index in [1.54, 1.807) is 12.3 Å². The van der Waals surface area contributed by atoms with Gasteiger partial charge < -0.3 is 10.1 Å². The van der Waals surface area contributed by atoms with Crippen molar-refractivity contribution in [2.24, 2.45) is 0 Å². The van der Waals surface area contributed by atoms with Crippen LogP contribution in [0.15, 0.2) is 66.9 Å². The highest BCUT2D eigenvalue weighted by Crippen LogP contribution is 2.22. The summed E-state index contributed by atoms with van der Waals surface area (Å²) in [6, 6.07) is 19.3. The molecule has 1 heterocycles. The fourth-order valence-corrected chi connectivity index (χ4v) is 2.80. The van der Waals surface area contributed by atoms with Gasteiger partial charge in [-0.05, 0) is 42.0 Å². The van der Waals surface area contributed by atoms with Crippen molar-refractivity contribution in [2.75, 3.05) is 0 Å². The van der Waals surface area contributed by atoms with E-state index < -0.39 is 0 Å². The van der Waals surface area contributed by atoms with Gasteiger partial charge >= 0.3 is 0 Å². The first-order chi connectivity index (χ1) is 12.2. The molecule has 3 rings (SSSR count). The van der Waals surface area contributed by atoms with Crippen LogP contribution in [0.2, 0.25) is 10.0 Å². The molecule has 0 atom stereocenters. The number of ether oxygens (including phenoxy) is 1. The van der Waals surface area contributed by atoms with E-state index in [-0.39, 0.29) is 0 Å². The Morgan fingerprint density at radius 3 is 2.48 bits per heavy atom. The number of pyridine rings is 1. The summed E-state index contributed by atoms with van der Waals surface area (Å²) in [7, 11) is 0. The molecule has 2 aromatic carbocycles. The predicted octanol–water partition coefficient (Wildman–Crippen LogP) is 5.26. The number of rotatable bonds is 7. The van der Waals surface area contributed by atoms with E-state index in [0.717, 1.165) is 30.1 Å².